The zero-order chi connectivity index (χ0) is 19.9. The molecule has 0 saturated heterocycles. The molecule has 150 valence electrons. The van der Waals surface area contributed by atoms with Crippen molar-refractivity contribution in [1.29, 1.82) is 0 Å². The molecule has 0 amide bonds. The van der Waals surface area contributed by atoms with E-state index in [9.17, 15) is 0 Å². The van der Waals surface area contributed by atoms with Gasteiger partial charge in [0.1, 0.15) is 11.3 Å². The molecule has 3 aromatic rings. The first-order valence-corrected chi connectivity index (χ1v) is 11.0. The minimum absolute atomic E-state index is 0.674. The Labute approximate surface area is 171 Å². The van der Waals surface area contributed by atoms with Gasteiger partial charge < -0.3 is 18.8 Å². The van der Waals surface area contributed by atoms with E-state index in [1.54, 1.807) is 18.9 Å². The van der Waals surface area contributed by atoms with Crippen LogP contribution in [0.25, 0.3) is 22.3 Å². The molecule has 0 radical (unpaired) electrons. The summed E-state index contributed by atoms with van der Waals surface area (Å²) in [5.41, 5.74) is 1.89. The van der Waals surface area contributed by atoms with Crippen LogP contribution in [0.3, 0.4) is 0 Å². The van der Waals surface area contributed by atoms with Crippen molar-refractivity contribution in [3.05, 3.63) is 42.5 Å². The van der Waals surface area contributed by atoms with E-state index in [4.69, 9.17) is 13.9 Å². The third-order valence-electron chi connectivity index (χ3n) is 4.95. The zero-order valence-electron chi connectivity index (χ0n) is 17.2. The predicted molar refractivity (Wildman–Crippen MR) is 118 cm³/mol. The number of nitrogens with zero attached hydrogens (tertiary/aromatic N) is 1. The predicted octanol–water partition coefficient (Wildman–Crippen LogP) is 5.94. The van der Waals surface area contributed by atoms with Gasteiger partial charge in [-0.15, -0.1) is 11.8 Å². The van der Waals surface area contributed by atoms with Crippen LogP contribution in [-0.2, 0) is 0 Å². The van der Waals surface area contributed by atoms with Gasteiger partial charge in [0, 0.05) is 17.5 Å². The Kier molecular flexibility index (Phi) is 7.29. The third-order valence-corrected chi connectivity index (χ3v) is 5.76. The number of benzene rings is 2. The van der Waals surface area contributed by atoms with E-state index in [0.29, 0.717) is 6.61 Å². The number of ether oxygens (including phenoxy) is 2. The van der Waals surface area contributed by atoms with Gasteiger partial charge in [-0.1, -0.05) is 26.0 Å². The second-order valence-electron chi connectivity index (χ2n) is 6.56. The first-order chi connectivity index (χ1) is 13.7. The SMILES string of the molecule is CCN(CC)CCCOc1ccc(-c2oc3ccccc3c2SC)cc1OC. The summed E-state index contributed by atoms with van der Waals surface area (Å²) < 4.78 is 17.7. The van der Waals surface area contributed by atoms with Crippen LogP contribution < -0.4 is 9.47 Å². The smallest absolute Gasteiger partial charge is 0.161 e. The lowest BCUT2D eigenvalue weighted by Crippen LogP contribution is -2.25. The number of hydrogen-bond donors (Lipinski definition) is 0. The molecule has 1 aromatic heterocycles. The fourth-order valence-corrected chi connectivity index (χ4v) is 4.09. The monoisotopic (exact) mass is 399 g/mol. The van der Waals surface area contributed by atoms with Gasteiger partial charge in [0.25, 0.3) is 0 Å². The largest absolute Gasteiger partial charge is 0.493 e. The maximum absolute atomic E-state index is 6.14. The van der Waals surface area contributed by atoms with E-state index in [2.05, 4.69) is 31.1 Å². The molecule has 0 atom stereocenters. The highest BCUT2D eigenvalue weighted by Crippen LogP contribution is 2.41. The number of fused-ring (bicyclic) bond motifs is 1. The maximum atomic E-state index is 6.14. The molecule has 3 rings (SSSR count). The fraction of sp³-hybridized carbons (Fsp3) is 0.391. The van der Waals surface area contributed by atoms with Gasteiger partial charge in [-0.25, -0.2) is 0 Å². The minimum Gasteiger partial charge on any atom is -0.493 e. The molecule has 0 N–H and O–H groups in total. The van der Waals surface area contributed by atoms with Crippen LogP contribution in [-0.4, -0.2) is 44.5 Å². The number of rotatable bonds is 10. The molecular formula is C23H29NO3S. The Morgan fingerprint density at radius 1 is 1.04 bits per heavy atom. The lowest BCUT2D eigenvalue weighted by Gasteiger charge is -2.18. The van der Waals surface area contributed by atoms with E-state index in [1.807, 2.05) is 36.4 Å². The average molecular weight is 400 g/mol. The van der Waals surface area contributed by atoms with Crippen LogP contribution in [0.4, 0.5) is 0 Å². The first-order valence-electron chi connectivity index (χ1n) is 9.80. The van der Waals surface area contributed by atoms with Gasteiger partial charge in [0.2, 0.25) is 0 Å². The highest BCUT2D eigenvalue weighted by Gasteiger charge is 2.17. The molecule has 0 bridgehead atoms. The van der Waals surface area contributed by atoms with Gasteiger partial charge in [0.05, 0.1) is 18.6 Å². The van der Waals surface area contributed by atoms with Gasteiger partial charge in [-0.3, -0.25) is 0 Å². The van der Waals surface area contributed by atoms with Crippen molar-refractivity contribution in [3.63, 3.8) is 0 Å². The van der Waals surface area contributed by atoms with Gasteiger partial charge in [-0.2, -0.15) is 0 Å². The van der Waals surface area contributed by atoms with Crippen LogP contribution in [0.1, 0.15) is 20.3 Å². The van der Waals surface area contributed by atoms with E-state index in [0.717, 1.165) is 64.7 Å². The number of thioether (sulfide) groups is 1. The summed E-state index contributed by atoms with van der Waals surface area (Å²) in [5.74, 6) is 2.38. The van der Waals surface area contributed by atoms with Crippen LogP contribution in [0.5, 0.6) is 11.5 Å². The van der Waals surface area contributed by atoms with E-state index in [-0.39, 0.29) is 0 Å². The first kappa shape index (κ1) is 20.6. The molecule has 2 aromatic carbocycles. The molecule has 5 heteroatoms. The van der Waals surface area contributed by atoms with Gasteiger partial charge in [-0.05, 0) is 56.1 Å². The number of hydrogen-bond acceptors (Lipinski definition) is 5. The molecule has 0 fully saturated rings. The second-order valence-corrected chi connectivity index (χ2v) is 7.37. The van der Waals surface area contributed by atoms with Crippen LogP contribution >= 0.6 is 11.8 Å². The van der Waals surface area contributed by atoms with Crippen molar-refractivity contribution >= 4 is 22.7 Å². The Morgan fingerprint density at radius 3 is 2.54 bits per heavy atom. The van der Waals surface area contributed by atoms with E-state index in [1.165, 1.54) is 0 Å². The van der Waals surface area contributed by atoms with Crippen LogP contribution in [0.2, 0.25) is 0 Å². The highest BCUT2D eigenvalue weighted by atomic mass is 32.2. The Balaban J connectivity index is 1.78. The molecule has 0 spiro atoms. The molecule has 1 heterocycles. The molecular weight excluding hydrogens is 370 g/mol. The zero-order valence-corrected chi connectivity index (χ0v) is 18.0. The van der Waals surface area contributed by atoms with Crippen molar-refractivity contribution in [2.75, 3.05) is 39.6 Å². The van der Waals surface area contributed by atoms with Crippen molar-refractivity contribution < 1.29 is 13.9 Å². The molecule has 0 aliphatic rings. The topological polar surface area (TPSA) is 34.8 Å². The highest BCUT2D eigenvalue weighted by molar-refractivity contribution is 7.99. The summed E-state index contributed by atoms with van der Waals surface area (Å²) in [6, 6.07) is 14.1. The van der Waals surface area contributed by atoms with Crippen LogP contribution in [0.15, 0.2) is 51.8 Å². The molecule has 0 saturated carbocycles. The van der Waals surface area contributed by atoms with Crippen molar-refractivity contribution in [3.8, 4) is 22.8 Å². The second kappa shape index (κ2) is 9.89. The Hall–Kier alpha value is -2.11. The normalized spacial score (nSPS) is 11.3. The summed E-state index contributed by atoms with van der Waals surface area (Å²) >= 11 is 1.70. The summed E-state index contributed by atoms with van der Waals surface area (Å²) in [5, 5.41) is 1.14. The van der Waals surface area contributed by atoms with Gasteiger partial charge >= 0.3 is 0 Å². The summed E-state index contributed by atoms with van der Waals surface area (Å²) in [7, 11) is 1.68. The van der Waals surface area contributed by atoms with Crippen LogP contribution in [0, 0.1) is 0 Å². The summed E-state index contributed by atoms with van der Waals surface area (Å²) in [4.78, 5) is 3.54. The Morgan fingerprint density at radius 2 is 1.82 bits per heavy atom. The van der Waals surface area contributed by atoms with Crippen molar-refractivity contribution in [2.24, 2.45) is 0 Å². The molecule has 4 nitrogen and oxygen atoms in total. The third kappa shape index (κ3) is 4.47. The number of para-hydroxylation sites is 1. The molecule has 0 unspecified atom stereocenters. The molecule has 28 heavy (non-hydrogen) atoms. The fourth-order valence-electron chi connectivity index (χ4n) is 3.35. The molecule has 0 aliphatic heterocycles. The maximum Gasteiger partial charge on any atom is 0.161 e. The average Bonchev–Trinajstić information content (AvgIpc) is 3.12. The minimum atomic E-state index is 0.674. The van der Waals surface area contributed by atoms with Crippen molar-refractivity contribution in [1.82, 2.24) is 4.90 Å². The lowest BCUT2D eigenvalue weighted by atomic mass is 10.1. The quantitative estimate of drug-likeness (QED) is 0.311. The summed E-state index contributed by atoms with van der Waals surface area (Å²) in [6.07, 6.45) is 3.07. The van der Waals surface area contributed by atoms with Gasteiger partial charge in [0.15, 0.2) is 11.5 Å². The lowest BCUT2D eigenvalue weighted by molar-refractivity contribution is 0.242. The van der Waals surface area contributed by atoms with Crippen molar-refractivity contribution in [2.45, 2.75) is 25.2 Å². The van der Waals surface area contributed by atoms with E-state index < -0.39 is 0 Å². The number of furan rings is 1. The number of methoxy groups -OCH3 is 1. The summed E-state index contributed by atoms with van der Waals surface area (Å²) in [6.45, 7) is 8.24. The molecule has 0 aliphatic carbocycles. The standard InChI is InChI=1S/C23H29NO3S/c1-5-24(6-2)14-9-15-26-20-13-12-17(16-21(20)25-3)22-23(28-4)18-10-7-8-11-19(18)27-22/h7-8,10-13,16H,5-6,9,14-15H2,1-4H3. The van der Waals surface area contributed by atoms with E-state index >= 15 is 0 Å². The Bertz CT molecular complexity index is 902.